The van der Waals surface area contributed by atoms with Crippen molar-refractivity contribution < 1.29 is 17.0 Å². The molecule has 2 aromatic heterocycles. The molecule has 0 saturated carbocycles. The number of para-hydroxylation sites is 1. The van der Waals surface area contributed by atoms with Gasteiger partial charge in [0, 0.05) is 34.3 Å². The molecule has 7 nitrogen and oxygen atoms in total. The lowest BCUT2D eigenvalue weighted by atomic mass is 9.94. The maximum absolute atomic E-state index is 14.3. The number of rotatable bonds is 7. The Balaban J connectivity index is 1.94. The number of carbonyl (C=O) groups is 1. The summed E-state index contributed by atoms with van der Waals surface area (Å²) in [7, 11) is 1.41. The highest BCUT2D eigenvalue weighted by atomic mass is 127. The number of alkyl halides is 1. The molecule has 0 aliphatic carbocycles. The van der Waals surface area contributed by atoms with Crippen LogP contribution in [0.4, 0.5) is 15.8 Å². The van der Waals surface area contributed by atoms with Gasteiger partial charge in [-0.05, 0) is 24.6 Å². The number of methoxy groups -OCH3 is 1. The van der Waals surface area contributed by atoms with Crippen molar-refractivity contribution in [3.05, 3.63) is 53.7 Å². The number of halogens is 3. The fourth-order valence-electron chi connectivity index (χ4n) is 3.77. The molecule has 3 N–H and O–H groups in total. The third-order valence-corrected chi connectivity index (χ3v) is 6.30. The number of aromatic nitrogens is 2. The second-order valence-electron chi connectivity index (χ2n) is 6.94. The highest BCUT2D eigenvalue weighted by Gasteiger charge is 2.33. The molecule has 3 heterocycles. The number of hydrogen-bond donors (Lipinski definition) is 3. The fourth-order valence-corrected chi connectivity index (χ4v) is 4.87. The summed E-state index contributed by atoms with van der Waals surface area (Å²) in [6, 6.07) is 6.43. The van der Waals surface area contributed by atoms with E-state index in [4.69, 9.17) is 7.80 Å². The van der Waals surface area contributed by atoms with Crippen LogP contribution in [0.2, 0.25) is 0 Å². The number of pyridine rings is 1. The van der Waals surface area contributed by atoms with Crippen molar-refractivity contribution in [1.82, 2.24) is 15.3 Å². The summed E-state index contributed by atoms with van der Waals surface area (Å²) in [5.74, 6) is 0.0707. The van der Waals surface area contributed by atoms with E-state index in [9.17, 15) is 9.18 Å². The highest BCUT2D eigenvalue weighted by Crippen LogP contribution is 2.44. The summed E-state index contributed by atoms with van der Waals surface area (Å²) in [4.78, 5) is 20.5. The Hall–Kier alpha value is -2.09. The van der Waals surface area contributed by atoms with Gasteiger partial charge in [0.25, 0.3) is 5.91 Å². The molecule has 0 radical (unpaired) electrons. The van der Waals surface area contributed by atoms with E-state index in [1.54, 1.807) is 47.5 Å². The van der Waals surface area contributed by atoms with Gasteiger partial charge in [0.05, 0.1) is 35.9 Å². The number of fused-ring (bicyclic) bond motifs is 1. The van der Waals surface area contributed by atoms with Gasteiger partial charge in [-0.15, -0.1) is 0 Å². The third kappa shape index (κ3) is 4.19. The summed E-state index contributed by atoms with van der Waals surface area (Å²) in [5.41, 5.74) is 3.72. The van der Waals surface area contributed by atoms with Gasteiger partial charge in [-0.1, -0.05) is 28.7 Å². The van der Waals surface area contributed by atoms with Crippen molar-refractivity contribution in [3.63, 3.8) is 0 Å². The van der Waals surface area contributed by atoms with Crippen LogP contribution in [0, 0.1) is 5.82 Å². The van der Waals surface area contributed by atoms with Crippen molar-refractivity contribution >= 4 is 62.9 Å². The second kappa shape index (κ2) is 9.59. The van der Waals surface area contributed by atoms with Crippen LogP contribution in [0.3, 0.4) is 0 Å². The first kappa shape index (κ1) is 22.1. The number of nitrogens with zero attached hydrogens (tertiary/aromatic N) is 1. The van der Waals surface area contributed by atoms with Crippen LogP contribution < -0.4 is 18.4 Å². The molecule has 1 amide bonds. The van der Waals surface area contributed by atoms with E-state index in [0.29, 0.717) is 34.9 Å². The average molecular weight is 648 g/mol. The van der Waals surface area contributed by atoms with Crippen LogP contribution in [0.5, 0.6) is 11.5 Å². The number of amides is 1. The predicted molar refractivity (Wildman–Crippen MR) is 133 cm³/mol. The van der Waals surface area contributed by atoms with Gasteiger partial charge in [0.15, 0.2) is 40.3 Å². The molecule has 3 aromatic rings. The minimum Gasteiger partial charge on any atom is -0.492 e. The molecule has 0 bridgehead atoms. The lowest BCUT2D eigenvalue weighted by Gasteiger charge is -2.23. The molecule has 31 heavy (non-hydrogen) atoms. The van der Waals surface area contributed by atoms with Gasteiger partial charge in [-0.25, -0.2) is 4.39 Å². The van der Waals surface area contributed by atoms with Crippen LogP contribution in [-0.4, -0.2) is 34.0 Å². The van der Waals surface area contributed by atoms with Gasteiger partial charge in [-0.3, -0.25) is 9.78 Å². The maximum atomic E-state index is 14.3. The number of benzene rings is 1. The van der Waals surface area contributed by atoms with E-state index < -0.39 is 5.82 Å². The fraction of sp³-hybridized carbons (Fsp3) is 0.238. The van der Waals surface area contributed by atoms with E-state index in [2.05, 4.69) is 43.2 Å². The topological polar surface area (TPSA) is 88.3 Å². The van der Waals surface area contributed by atoms with Gasteiger partial charge in [0.1, 0.15) is 0 Å². The third-order valence-electron chi connectivity index (χ3n) is 5.20. The molecule has 1 aliphatic rings. The molecule has 1 aliphatic heterocycles. The zero-order valence-electron chi connectivity index (χ0n) is 16.5. The molecule has 1 atom stereocenters. The summed E-state index contributed by atoms with van der Waals surface area (Å²) in [6.07, 6.45) is 4.17. The zero-order valence-corrected chi connectivity index (χ0v) is 20.8. The highest BCUT2D eigenvalue weighted by molar-refractivity contribution is 14.1. The Kier molecular flexibility index (Phi) is 6.84. The Labute approximate surface area is 206 Å². The van der Waals surface area contributed by atoms with E-state index in [1.165, 1.54) is 13.2 Å². The number of aromatic amines is 1. The molecule has 0 fully saturated rings. The van der Waals surface area contributed by atoms with Gasteiger partial charge in [0.2, 0.25) is 0 Å². The molecule has 0 unspecified atom stereocenters. The summed E-state index contributed by atoms with van der Waals surface area (Å²) in [6.45, 7) is 0.559. The molecule has 162 valence electrons. The van der Waals surface area contributed by atoms with Crippen LogP contribution in [0.25, 0.3) is 11.3 Å². The molecular formula is C21H19FI2N4O3. The van der Waals surface area contributed by atoms with Crippen LogP contribution >= 0.6 is 45.6 Å². The predicted octanol–water partition coefficient (Wildman–Crippen LogP) is 5.35. The van der Waals surface area contributed by atoms with Gasteiger partial charge in [-0.2, -0.15) is 0 Å². The Morgan fingerprint density at radius 2 is 2.19 bits per heavy atom. The largest absolute Gasteiger partial charge is 0.492 e. The lowest BCUT2D eigenvalue weighted by molar-refractivity contribution is 0.0940. The first-order valence-corrected chi connectivity index (χ1v) is 11.9. The van der Waals surface area contributed by atoms with Crippen molar-refractivity contribution in [3.8, 4) is 22.8 Å². The van der Waals surface area contributed by atoms with Crippen LogP contribution in [-0.2, 0) is 0 Å². The SMILES string of the molecule is COc1c(F)cccc1Nc1c(-c2ccncc2OI)[nH]c2c1C(=O)NC[C@@H]2CCI. The standard InChI is InChI=1S/C21H19FI2N4O3/c1-30-20-13(22)3-2-4-14(20)27-19-16-17(11(5-7-23)9-26-21(16)29)28-18(19)12-6-8-25-10-15(12)31-24/h2-4,6,8,10-11,27-28H,5,7,9H2,1H3,(H,26,29)/t11-/m0/s1. The first-order chi connectivity index (χ1) is 15.1. The van der Waals surface area contributed by atoms with Crippen molar-refractivity contribution in [2.24, 2.45) is 0 Å². The first-order valence-electron chi connectivity index (χ1n) is 9.51. The lowest BCUT2D eigenvalue weighted by Crippen LogP contribution is -2.35. The molecular weight excluding hydrogens is 629 g/mol. The monoisotopic (exact) mass is 648 g/mol. The normalized spacial score (nSPS) is 15.2. The van der Waals surface area contributed by atoms with Crippen LogP contribution in [0.15, 0.2) is 36.7 Å². The van der Waals surface area contributed by atoms with Crippen LogP contribution in [0.1, 0.15) is 28.4 Å². The summed E-state index contributed by atoms with van der Waals surface area (Å²) < 4.78 is 26.0. The average Bonchev–Trinajstić information content (AvgIpc) is 3.16. The zero-order chi connectivity index (χ0) is 22.0. The Bertz CT molecular complexity index is 1120. The van der Waals surface area contributed by atoms with Crippen molar-refractivity contribution in [2.75, 3.05) is 23.4 Å². The molecule has 1 aromatic carbocycles. The summed E-state index contributed by atoms with van der Waals surface area (Å²) in [5, 5.41) is 6.23. The number of nitrogens with one attached hydrogen (secondary N) is 3. The number of ether oxygens (including phenoxy) is 1. The minimum atomic E-state index is -0.495. The Morgan fingerprint density at radius 1 is 1.35 bits per heavy atom. The smallest absolute Gasteiger partial charge is 0.255 e. The van der Waals surface area contributed by atoms with E-state index in [-0.39, 0.29) is 17.6 Å². The van der Waals surface area contributed by atoms with Gasteiger partial charge < -0.3 is 23.4 Å². The maximum Gasteiger partial charge on any atom is 0.255 e. The Morgan fingerprint density at radius 3 is 2.94 bits per heavy atom. The molecule has 4 rings (SSSR count). The number of hydrogen-bond acceptors (Lipinski definition) is 5. The number of carbonyl (C=O) groups excluding carboxylic acids is 1. The molecule has 0 saturated heterocycles. The molecule has 10 heteroatoms. The minimum absolute atomic E-state index is 0.0727. The second-order valence-corrected chi connectivity index (χ2v) is 8.46. The quantitative estimate of drug-likeness (QED) is 0.238. The van der Waals surface area contributed by atoms with Crippen molar-refractivity contribution in [2.45, 2.75) is 12.3 Å². The number of anilines is 2. The van der Waals surface area contributed by atoms with E-state index in [1.807, 2.05) is 6.07 Å². The summed E-state index contributed by atoms with van der Waals surface area (Å²) >= 11 is 4.13. The number of H-pyrrole nitrogens is 1. The molecule has 0 spiro atoms. The van der Waals surface area contributed by atoms with E-state index in [0.717, 1.165) is 22.1 Å². The van der Waals surface area contributed by atoms with Gasteiger partial charge >= 0.3 is 0 Å². The van der Waals surface area contributed by atoms with Crippen molar-refractivity contribution in [1.29, 1.82) is 0 Å². The van der Waals surface area contributed by atoms with E-state index >= 15 is 0 Å².